The molecule has 1 aromatic heterocycles. The molecule has 0 amide bonds. The zero-order valence-electron chi connectivity index (χ0n) is 16.8. The second kappa shape index (κ2) is 8.75. The Morgan fingerprint density at radius 3 is 2.69 bits per heavy atom. The molecule has 0 saturated heterocycles. The molecule has 0 saturated carbocycles. The minimum Gasteiger partial charge on any atom is -0.598 e. The van der Waals surface area contributed by atoms with E-state index in [4.69, 9.17) is 0 Å². The van der Waals surface area contributed by atoms with Crippen molar-refractivity contribution in [3.8, 4) is 6.07 Å². The maximum atomic E-state index is 14.8. The van der Waals surface area contributed by atoms with E-state index in [-0.39, 0.29) is 16.8 Å². The number of hydrogen-bond acceptors (Lipinski definition) is 6. The fraction of sp³-hybridized carbons (Fsp3) is 0.667. The first kappa shape index (κ1) is 24.5. The number of pyridine rings is 1. The van der Waals surface area contributed by atoms with Crippen molar-refractivity contribution in [2.45, 2.75) is 55.6 Å². The van der Waals surface area contributed by atoms with Gasteiger partial charge in [0.2, 0.25) is 0 Å². The summed E-state index contributed by atoms with van der Waals surface area (Å²) in [4.78, 5) is 4.08. The quantitative estimate of drug-likeness (QED) is 0.463. The van der Waals surface area contributed by atoms with Crippen LogP contribution >= 0.6 is 15.9 Å². The van der Waals surface area contributed by atoms with Crippen LogP contribution in [0.15, 0.2) is 21.1 Å². The molecular formula is C18H25BrF2N4O2S2. The van der Waals surface area contributed by atoms with Crippen LogP contribution in [0, 0.1) is 17.1 Å². The van der Waals surface area contributed by atoms with Crippen molar-refractivity contribution in [3.63, 3.8) is 0 Å². The molecule has 0 aromatic carbocycles. The average molecular weight is 511 g/mol. The summed E-state index contributed by atoms with van der Waals surface area (Å²) in [7, 11) is -3.31. The number of aromatic nitrogens is 1. The molecule has 0 bridgehead atoms. The normalized spacial score (nSPS) is 28.1. The number of rotatable bonds is 6. The van der Waals surface area contributed by atoms with Crippen molar-refractivity contribution in [1.29, 1.82) is 5.26 Å². The predicted octanol–water partition coefficient (Wildman–Crippen LogP) is 3.74. The molecule has 2 heterocycles. The molecule has 162 valence electrons. The molecular weight excluding hydrogens is 486 g/mol. The summed E-state index contributed by atoms with van der Waals surface area (Å²) in [5.74, 6) is -1.36. The molecule has 0 radical (unpaired) electrons. The van der Waals surface area contributed by atoms with Crippen LogP contribution in [0.25, 0.3) is 0 Å². The predicted molar refractivity (Wildman–Crippen MR) is 114 cm³/mol. The molecule has 0 fully saturated rings. The third-order valence-corrected chi connectivity index (χ3v) is 10.1. The summed E-state index contributed by atoms with van der Waals surface area (Å²) < 4.78 is 61.1. The summed E-state index contributed by atoms with van der Waals surface area (Å²) in [6, 6.07) is 4.52. The van der Waals surface area contributed by atoms with Gasteiger partial charge in [-0.15, -0.1) is 4.72 Å². The number of nitriles is 1. The van der Waals surface area contributed by atoms with Crippen LogP contribution in [0.4, 0.5) is 8.78 Å². The van der Waals surface area contributed by atoms with Gasteiger partial charge in [0.15, 0.2) is 0 Å². The number of nitrogens with one attached hydrogen (secondary N) is 1. The average Bonchev–Trinajstić information content (AvgIpc) is 2.65. The van der Waals surface area contributed by atoms with E-state index in [0.717, 1.165) is 6.07 Å². The van der Waals surface area contributed by atoms with Gasteiger partial charge in [0, 0.05) is 17.9 Å². The molecule has 2 unspecified atom stereocenters. The molecule has 29 heavy (non-hydrogen) atoms. The molecule has 1 N–H and O–H groups in total. The summed E-state index contributed by atoms with van der Waals surface area (Å²) in [5, 5.41) is 9.68. The van der Waals surface area contributed by atoms with Crippen molar-refractivity contribution < 1.29 is 17.5 Å². The van der Waals surface area contributed by atoms with Crippen molar-refractivity contribution in [2.24, 2.45) is 4.36 Å². The monoisotopic (exact) mass is 510 g/mol. The van der Waals surface area contributed by atoms with E-state index in [9.17, 15) is 22.8 Å². The Morgan fingerprint density at radius 2 is 2.14 bits per heavy atom. The lowest BCUT2D eigenvalue weighted by Gasteiger charge is -2.39. The van der Waals surface area contributed by atoms with E-state index in [0.29, 0.717) is 12.8 Å². The highest BCUT2D eigenvalue weighted by molar-refractivity contribution is 9.10. The molecule has 6 nitrogen and oxygen atoms in total. The fourth-order valence-electron chi connectivity index (χ4n) is 2.96. The number of nitrogens with zero attached hydrogens (tertiary/aromatic N) is 3. The zero-order valence-corrected chi connectivity index (χ0v) is 20.0. The highest BCUT2D eigenvalue weighted by atomic mass is 79.9. The molecule has 4 atom stereocenters. The van der Waals surface area contributed by atoms with E-state index in [2.05, 4.69) is 36.1 Å². The molecule has 1 aliphatic heterocycles. The molecule has 11 heteroatoms. The Balaban J connectivity index is 2.70. The van der Waals surface area contributed by atoms with Gasteiger partial charge in [-0.2, -0.15) is 5.26 Å². The second-order valence-corrected chi connectivity index (χ2v) is 13.8. The van der Waals surface area contributed by atoms with Crippen LogP contribution in [0.3, 0.4) is 0 Å². The molecule has 0 spiro atoms. The van der Waals surface area contributed by atoms with Gasteiger partial charge in [0.25, 0.3) is 0 Å². The van der Waals surface area contributed by atoms with Crippen LogP contribution in [0.2, 0.25) is 0 Å². The van der Waals surface area contributed by atoms with Crippen molar-refractivity contribution in [1.82, 2.24) is 9.71 Å². The van der Waals surface area contributed by atoms with Crippen LogP contribution in [0.1, 0.15) is 46.2 Å². The lowest BCUT2D eigenvalue weighted by molar-refractivity contribution is 0.292. The summed E-state index contributed by atoms with van der Waals surface area (Å²) >= 11 is 1.31. The van der Waals surface area contributed by atoms with Gasteiger partial charge in [-0.1, -0.05) is 0 Å². The molecule has 1 aromatic rings. The Labute approximate surface area is 182 Å². The zero-order chi connectivity index (χ0) is 22.1. The number of halogens is 3. The minimum atomic E-state index is -3.31. The van der Waals surface area contributed by atoms with Gasteiger partial charge in [-0.3, -0.25) is 0 Å². The number of alkyl halides is 1. The molecule has 1 aliphatic rings. The molecule has 2 rings (SSSR count). The van der Waals surface area contributed by atoms with Gasteiger partial charge in [0.1, 0.15) is 37.8 Å². The van der Waals surface area contributed by atoms with E-state index in [1.807, 2.05) is 0 Å². The van der Waals surface area contributed by atoms with Gasteiger partial charge in [-0.25, -0.2) is 22.3 Å². The highest BCUT2D eigenvalue weighted by Gasteiger charge is 2.51. The Bertz CT molecular complexity index is 927. The third kappa shape index (κ3) is 4.93. The molecule has 0 aliphatic carbocycles. The van der Waals surface area contributed by atoms with E-state index >= 15 is 0 Å². The first-order chi connectivity index (χ1) is 13.3. The second-order valence-electron chi connectivity index (χ2n) is 8.25. The SMILES string of the molecule is CC(C)(C)[S+]([O-])N[C@@](CF)(CS1(=O)=NCCC[C@@]1(C)C#N)c1nc(Br)ccc1F. The van der Waals surface area contributed by atoms with E-state index < -0.39 is 54.4 Å². The maximum Gasteiger partial charge on any atom is 0.149 e. The van der Waals surface area contributed by atoms with Gasteiger partial charge >= 0.3 is 0 Å². The summed E-state index contributed by atoms with van der Waals surface area (Å²) in [5.41, 5.74) is -2.34. The van der Waals surface area contributed by atoms with Gasteiger partial charge in [-0.05, 0) is 68.6 Å². The van der Waals surface area contributed by atoms with E-state index in [1.165, 1.54) is 13.0 Å². The van der Waals surface area contributed by atoms with Crippen molar-refractivity contribution in [3.05, 3.63) is 28.2 Å². The lowest BCUT2D eigenvalue weighted by atomic mass is 9.99. The van der Waals surface area contributed by atoms with Crippen LogP contribution < -0.4 is 4.72 Å². The maximum absolute atomic E-state index is 14.8. The third-order valence-electron chi connectivity index (χ3n) is 4.83. The largest absolute Gasteiger partial charge is 0.598 e. The van der Waals surface area contributed by atoms with Gasteiger partial charge in [0.05, 0.1) is 21.6 Å². The minimum absolute atomic E-state index is 0.244. The lowest BCUT2D eigenvalue weighted by Crippen LogP contribution is -2.58. The van der Waals surface area contributed by atoms with Crippen LogP contribution in [-0.4, -0.2) is 42.2 Å². The number of hydrogen-bond donors (Lipinski definition) is 1. The van der Waals surface area contributed by atoms with Crippen LogP contribution in [-0.2, 0) is 26.6 Å². The Kier molecular flexibility index (Phi) is 7.38. The first-order valence-corrected chi connectivity index (χ1v) is 12.6. The standard InChI is InChI=1S/C18H25BrF2N4O2S2/c1-16(2,3)28(26)25-18(10-20,15-13(21)6-7-14(19)24-15)12-29(27)17(4,11-22)8-5-9-23-29/h6-7,25H,5,8-10,12H2,1-4H3/t17-,18-,28?,29?/m0/s1. The fourth-order valence-corrected chi connectivity index (χ4v) is 6.92. The summed E-state index contributed by atoms with van der Waals surface area (Å²) in [6.07, 6.45) is 0.902. The van der Waals surface area contributed by atoms with Gasteiger partial charge < -0.3 is 4.55 Å². The Hall–Kier alpha value is -0.800. The topological polar surface area (TPSA) is 101 Å². The highest BCUT2D eigenvalue weighted by Crippen LogP contribution is 2.37. The first-order valence-electron chi connectivity index (χ1n) is 9.02. The van der Waals surface area contributed by atoms with Crippen molar-refractivity contribution >= 4 is 37.0 Å². The summed E-state index contributed by atoms with van der Waals surface area (Å²) in [6.45, 7) is 5.57. The Morgan fingerprint density at radius 1 is 1.48 bits per heavy atom. The van der Waals surface area contributed by atoms with Crippen molar-refractivity contribution in [2.75, 3.05) is 19.0 Å². The van der Waals surface area contributed by atoms with Crippen LogP contribution in [0.5, 0.6) is 0 Å². The smallest absolute Gasteiger partial charge is 0.149 e. The van der Waals surface area contributed by atoms with E-state index in [1.54, 1.807) is 20.8 Å².